The highest BCUT2D eigenvalue weighted by molar-refractivity contribution is 5.14. The number of hydrogen-bond acceptors (Lipinski definition) is 4. The first-order chi connectivity index (χ1) is 11.7. The topological polar surface area (TPSA) is 50.5 Å². The maximum absolute atomic E-state index is 10.9. The Labute approximate surface area is 143 Å². The van der Waals surface area contributed by atoms with E-state index in [1.807, 2.05) is 24.8 Å². The van der Waals surface area contributed by atoms with Crippen molar-refractivity contribution in [3.63, 3.8) is 0 Å². The van der Waals surface area contributed by atoms with E-state index in [1.54, 1.807) is 0 Å². The first kappa shape index (κ1) is 17.1. The first-order valence-corrected chi connectivity index (χ1v) is 8.76. The largest absolute Gasteiger partial charge is 0.388 e. The van der Waals surface area contributed by atoms with E-state index in [2.05, 4.69) is 38.7 Å². The average molecular weight is 329 g/mol. The molecule has 5 nitrogen and oxygen atoms in total. The molecule has 2 heterocycles. The fourth-order valence-corrected chi connectivity index (χ4v) is 3.28. The molecule has 24 heavy (non-hydrogen) atoms. The Bertz CT molecular complexity index is 580. The number of aliphatic hydroxyl groups is 1. The minimum absolute atomic E-state index is 0.623. The van der Waals surface area contributed by atoms with E-state index < -0.39 is 5.60 Å². The smallest absolute Gasteiger partial charge is 0.0945 e. The molecule has 0 saturated carbocycles. The normalized spacial score (nSPS) is 17.2. The quantitative estimate of drug-likeness (QED) is 0.807. The number of imidazole rings is 1. The summed E-state index contributed by atoms with van der Waals surface area (Å²) < 4.78 is 7.51. The number of aryl methyl sites for hydroxylation is 1. The van der Waals surface area contributed by atoms with Crippen LogP contribution in [0.3, 0.4) is 0 Å². The molecule has 0 atom stereocenters. The third-order valence-corrected chi connectivity index (χ3v) is 4.64. The zero-order valence-corrected chi connectivity index (χ0v) is 14.2. The molecule has 1 saturated heterocycles. The Morgan fingerprint density at radius 3 is 2.71 bits per heavy atom. The number of ether oxygens (including phenoxy) is 1. The SMILES string of the molecule is OC1(CN(CCCn2ccnc2)Cc2ccccc2)CCOCC1. The molecule has 1 fully saturated rings. The van der Waals surface area contributed by atoms with Crippen LogP contribution in [0.4, 0.5) is 0 Å². The van der Waals surface area contributed by atoms with Gasteiger partial charge in [0.25, 0.3) is 0 Å². The fraction of sp³-hybridized carbons (Fsp3) is 0.526. The monoisotopic (exact) mass is 329 g/mol. The summed E-state index contributed by atoms with van der Waals surface area (Å²) in [5, 5.41) is 10.9. The molecule has 5 heteroatoms. The van der Waals surface area contributed by atoms with Crippen LogP contribution in [0.5, 0.6) is 0 Å². The van der Waals surface area contributed by atoms with Gasteiger partial charge in [-0.25, -0.2) is 4.98 Å². The molecule has 0 unspecified atom stereocenters. The molecule has 0 spiro atoms. The molecule has 130 valence electrons. The Morgan fingerprint density at radius 2 is 2.00 bits per heavy atom. The van der Waals surface area contributed by atoms with Crippen molar-refractivity contribution in [2.75, 3.05) is 26.3 Å². The van der Waals surface area contributed by atoms with E-state index in [0.29, 0.717) is 19.8 Å². The average Bonchev–Trinajstić information content (AvgIpc) is 3.09. The predicted molar refractivity (Wildman–Crippen MR) is 93.6 cm³/mol. The lowest BCUT2D eigenvalue weighted by Crippen LogP contribution is -2.47. The fourth-order valence-electron chi connectivity index (χ4n) is 3.28. The molecule has 1 N–H and O–H groups in total. The molecule has 1 aromatic heterocycles. The second kappa shape index (κ2) is 8.42. The standard InChI is InChI=1S/C19H27N3O2/c23-19(7-13-24-14-8-19)16-22(15-18-5-2-1-3-6-18)11-4-10-21-12-9-20-17-21/h1-3,5-6,9,12,17,23H,4,7-8,10-11,13-16H2. The number of hydrogen-bond donors (Lipinski definition) is 1. The van der Waals surface area contributed by atoms with Crippen molar-refractivity contribution in [2.45, 2.75) is 38.0 Å². The molecule has 1 aromatic carbocycles. The zero-order valence-electron chi connectivity index (χ0n) is 14.2. The van der Waals surface area contributed by atoms with Crippen LogP contribution in [0.2, 0.25) is 0 Å². The van der Waals surface area contributed by atoms with Gasteiger partial charge in [0, 0.05) is 64.6 Å². The van der Waals surface area contributed by atoms with Crippen LogP contribution in [0.25, 0.3) is 0 Å². The third-order valence-electron chi connectivity index (χ3n) is 4.64. The second-order valence-corrected chi connectivity index (χ2v) is 6.69. The summed E-state index contributed by atoms with van der Waals surface area (Å²) >= 11 is 0. The molecule has 0 bridgehead atoms. The second-order valence-electron chi connectivity index (χ2n) is 6.69. The summed E-state index contributed by atoms with van der Waals surface area (Å²) in [6.45, 7) is 4.79. The maximum atomic E-state index is 10.9. The van der Waals surface area contributed by atoms with Crippen LogP contribution in [0.15, 0.2) is 49.1 Å². The molecule has 0 aliphatic carbocycles. The first-order valence-electron chi connectivity index (χ1n) is 8.76. The Morgan fingerprint density at radius 1 is 1.21 bits per heavy atom. The van der Waals surface area contributed by atoms with Gasteiger partial charge < -0.3 is 14.4 Å². The van der Waals surface area contributed by atoms with E-state index >= 15 is 0 Å². The van der Waals surface area contributed by atoms with Crippen molar-refractivity contribution in [2.24, 2.45) is 0 Å². The number of benzene rings is 1. The van der Waals surface area contributed by atoms with E-state index in [1.165, 1.54) is 5.56 Å². The summed E-state index contributed by atoms with van der Waals surface area (Å²) in [5.74, 6) is 0. The molecule has 1 aliphatic rings. The van der Waals surface area contributed by atoms with Gasteiger partial charge in [0.1, 0.15) is 0 Å². The van der Waals surface area contributed by atoms with Crippen LogP contribution in [-0.4, -0.2) is 51.5 Å². The van der Waals surface area contributed by atoms with E-state index in [-0.39, 0.29) is 0 Å². The van der Waals surface area contributed by atoms with Gasteiger partial charge >= 0.3 is 0 Å². The molecule has 1 aliphatic heterocycles. The molecular weight excluding hydrogens is 302 g/mol. The number of rotatable bonds is 8. The zero-order chi connectivity index (χ0) is 16.7. The van der Waals surface area contributed by atoms with Gasteiger partial charge in [-0.15, -0.1) is 0 Å². The number of aromatic nitrogens is 2. The highest BCUT2D eigenvalue weighted by Crippen LogP contribution is 2.22. The molecular formula is C19H27N3O2. The van der Waals surface area contributed by atoms with E-state index in [4.69, 9.17) is 4.74 Å². The van der Waals surface area contributed by atoms with Crippen LogP contribution in [0.1, 0.15) is 24.8 Å². The summed E-state index contributed by atoms with van der Waals surface area (Å²) in [6, 6.07) is 10.5. The molecule has 3 rings (SSSR count). The van der Waals surface area contributed by atoms with Gasteiger partial charge in [0.2, 0.25) is 0 Å². The Balaban J connectivity index is 1.58. The van der Waals surface area contributed by atoms with Crippen LogP contribution >= 0.6 is 0 Å². The van der Waals surface area contributed by atoms with Crippen molar-refractivity contribution < 1.29 is 9.84 Å². The van der Waals surface area contributed by atoms with Gasteiger partial charge in [-0.2, -0.15) is 0 Å². The van der Waals surface area contributed by atoms with Crippen molar-refractivity contribution in [1.29, 1.82) is 0 Å². The highest BCUT2D eigenvalue weighted by atomic mass is 16.5. The van der Waals surface area contributed by atoms with Gasteiger partial charge in [-0.05, 0) is 12.0 Å². The number of nitrogens with zero attached hydrogens (tertiary/aromatic N) is 3. The van der Waals surface area contributed by atoms with Crippen LogP contribution in [0, 0.1) is 0 Å². The van der Waals surface area contributed by atoms with Crippen LogP contribution < -0.4 is 0 Å². The lowest BCUT2D eigenvalue weighted by atomic mass is 9.93. The van der Waals surface area contributed by atoms with Crippen molar-refractivity contribution in [3.8, 4) is 0 Å². The Kier molecular flexibility index (Phi) is 6.01. The summed E-state index contributed by atoms with van der Waals surface area (Å²) in [6.07, 6.45) is 8.14. The van der Waals surface area contributed by atoms with Gasteiger partial charge in [-0.1, -0.05) is 30.3 Å². The minimum Gasteiger partial charge on any atom is -0.388 e. The van der Waals surface area contributed by atoms with Crippen molar-refractivity contribution >= 4 is 0 Å². The highest BCUT2D eigenvalue weighted by Gasteiger charge is 2.31. The van der Waals surface area contributed by atoms with Crippen molar-refractivity contribution in [3.05, 3.63) is 54.6 Å². The van der Waals surface area contributed by atoms with Gasteiger partial charge in [0.15, 0.2) is 0 Å². The van der Waals surface area contributed by atoms with Gasteiger partial charge in [-0.3, -0.25) is 4.90 Å². The van der Waals surface area contributed by atoms with Crippen molar-refractivity contribution in [1.82, 2.24) is 14.5 Å². The predicted octanol–water partition coefficient (Wildman–Crippen LogP) is 2.32. The lowest BCUT2D eigenvalue weighted by Gasteiger charge is -2.37. The third kappa shape index (κ3) is 5.16. The summed E-state index contributed by atoms with van der Waals surface area (Å²) in [4.78, 5) is 6.46. The maximum Gasteiger partial charge on any atom is 0.0945 e. The van der Waals surface area contributed by atoms with Crippen LogP contribution in [-0.2, 0) is 17.8 Å². The molecule has 0 amide bonds. The Hall–Kier alpha value is -1.69. The van der Waals surface area contributed by atoms with E-state index in [9.17, 15) is 5.11 Å². The summed E-state index contributed by atoms with van der Waals surface area (Å²) in [5.41, 5.74) is 0.665. The summed E-state index contributed by atoms with van der Waals surface area (Å²) in [7, 11) is 0. The van der Waals surface area contributed by atoms with Gasteiger partial charge in [0.05, 0.1) is 11.9 Å². The molecule has 0 radical (unpaired) electrons. The minimum atomic E-state index is -0.623. The lowest BCUT2D eigenvalue weighted by molar-refractivity contribution is -0.0811. The molecule has 2 aromatic rings. The van der Waals surface area contributed by atoms with E-state index in [0.717, 1.165) is 38.9 Å².